The molecule has 0 saturated heterocycles. The minimum absolute atomic E-state index is 0.0315. The largest absolute Gasteiger partial charge is 0.383 e. The number of allylic oxidation sites excluding steroid dienone is 1. The van der Waals surface area contributed by atoms with E-state index < -0.39 is 0 Å². The highest BCUT2D eigenvalue weighted by Gasteiger charge is 2.06. The molecule has 0 heterocycles. The number of ketones is 1. The van der Waals surface area contributed by atoms with Gasteiger partial charge in [-0.1, -0.05) is 18.2 Å². The Morgan fingerprint density at radius 2 is 2.05 bits per heavy atom. The van der Waals surface area contributed by atoms with E-state index in [9.17, 15) is 9.59 Å². The van der Waals surface area contributed by atoms with Crippen molar-refractivity contribution >= 4 is 11.7 Å². The van der Waals surface area contributed by atoms with Crippen LogP contribution in [0.15, 0.2) is 36.5 Å². The van der Waals surface area contributed by atoms with Crippen molar-refractivity contribution in [3.05, 3.63) is 47.7 Å². The van der Waals surface area contributed by atoms with Crippen LogP contribution in [0.1, 0.15) is 22.8 Å². The Hall–Kier alpha value is -2.10. The van der Waals surface area contributed by atoms with Crippen LogP contribution in [0, 0.1) is 0 Å². The van der Waals surface area contributed by atoms with Crippen molar-refractivity contribution in [3.8, 4) is 0 Å². The summed E-state index contributed by atoms with van der Waals surface area (Å²) in [7, 11) is 3.71. The van der Waals surface area contributed by atoms with Crippen molar-refractivity contribution in [3.63, 3.8) is 0 Å². The number of carbonyl (C=O) groups excluding carboxylic acids is 2. The molecule has 1 amide bonds. The SMILES string of the molecule is CCNC(=O)Cc1cccc(C(=O)C=CN(C)C)c1. The van der Waals surface area contributed by atoms with E-state index in [1.807, 2.05) is 27.1 Å². The van der Waals surface area contributed by atoms with E-state index >= 15 is 0 Å². The maximum Gasteiger partial charge on any atom is 0.224 e. The Balaban J connectivity index is 2.76. The number of hydrogen-bond donors (Lipinski definition) is 1. The Kier molecular flexibility index (Phi) is 5.79. The van der Waals surface area contributed by atoms with Crippen molar-refractivity contribution in [2.24, 2.45) is 0 Å². The summed E-state index contributed by atoms with van der Waals surface area (Å²) in [5, 5.41) is 2.74. The first kappa shape index (κ1) is 15.0. The fourth-order valence-electron chi connectivity index (χ4n) is 1.59. The maximum absolute atomic E-state index is 11.9. The molecular weight excluding hydrogens is 240 g/mol. The van der Waals surface area contributed by atoms with Crippen LogP contribution in [0.3, 0.4) is 0 Å². The molecule has 0 aliphatic rings. The predicted octanol–water partition coefficient (Wildman–Crippen LogP) is 1.62. The van der Waals surface area contributed by atoms with Gasteiger partial charge in [-0.3, -0.25) is 9.59 Å². The van der Waals surface area contributed by atoms with E-state index in [0.29, 0.717) is 18.5 Å². The van der Waals surface area contributed by atoms with Gasteiger partial charge in [-0.15, -0.1) is 0 Å². The molecule has 0 saturated carbocycles. The topological polar surface area (TPSA) is 49.4 Å². The lowest BCUT2D eigenvalue weighted by Crippen LogP contribution is -2.24. The zero-order chi connectivity index (χ0) is 14.3. The van der Waals surface area contributed by atoms with Gasteiger partial charge in [0, 0.05) is 38.5 Å². The molecule has 19 heavy (non-hydrogen) atoms. The smallest absolute Gasteiger partial charge is 0.224 e. The Labute approximate surface area is 114 Å². The monoisotopic (exact) mass is 260 g/mol. The third kappa shape index (κ3) is 5.38. The van der Waals surface area contributed by atoms with Gasteiger partial charge in [0.1, 0.15) is 0 Å². The van der Waals surface area contributed by atoms with Crippen LogP contribution in [0.25, 0.3) is 0 Å². The molecule has 0 aliphatic carbocycles. The predicted molar refractivity (Wildman–Crippen MR) is 76.0 cm³/mol. The number of benzene rings is 1. The highest BCUT2D eigenvalue weighted by molar-refractivity contribution is 6.04. The first-order chi connectivity index (χ1) is 9.02. The molecule has 0 spiro atoms. The third-order valence-electron chi connectivity index (χ3n) is 2.47. The summed E-state index contributed by atoms with van der Waals surface area (Å²) in [5.41, 5.74) is 1.44. The van der Waals surface area contributed by atoms with Crippen LogP contribution in [0.4, 0.5) is 0 Å². The molecule has 1 aromatic carbocycles. The summed E-state index contributed by atoms with van der Waals surface area (Å²) in [4.78, 5) is 25.2. The molecule has 0 aromatic heterocycles. The van der Waals surface area contributed by atoms with Gasteiger partial charge in [0.2, 0.25) is 5.91 Å². The van der Waals surface area contributed by atoms with Gasteiger partial charge in [0.15, 0.2) is 5.78 Å². The number of nitrogens with zero attached hydrogens (tertiary/aromatic N) is 1. The minimum atomic E-state index is -0.0635. The molecule has 4 heteroatoms. The molecule has 0 fully saturated rings. The average Bonchev–Trinajstić information content (AvgIpc) is 2.36. The van der Waals surface area contributed by atoms with Crippen molar-refractivity contribution in [1.29, 1.82) is 0 Å². The van der Waals surface area contributed by atoms with Crippen LogP contribution in [-0.4, -0.2) is 37.2 Å². The highest BCUT2D eigenvalue weighted by Crippen LogP contribution is 2.08. The van der Waals surface area contributed by atoms with Crippen LogP contribution < -0.4 is 5.32 Å². The molecule has 0 unspecified atom stereocenters. The second kappa shape index (κ2) is 7.36. The van der Waals surface area contributed by atoms with Gasteiger partial charge in [0.25, 0.3) is 0 Å². The zero-order valence-corrected chi connectivity index (χ0v) is 11.6. The zero-order valence-electron chi connectivity index (χ0n) is 11.6. The van der Waals surface area contributed by atoms with Crippen molar-refractivity contribution in [2.75, 3.05) is 20.6 Å². The maximum atomic E-state index is 11.9. The Bertz CT molecular complexity index is 479. The number of amides is 1. The molecule has 0 bridgehead atoms. The van der Waals surface area contributed by atoms with Gasteiger partial charge in [-0.05, 0) is 18.6 Å². The van der Waals surface area contributed by atoms with E-state index in [4.69, 9.17) is 0 Å². The number of carbonyl (C=O) groups is 2. The highest BCUT2D eigenvalue weighted by atomic mass is 16.1. The van der Waals surface area contributed by atoms with Crippen LogP contribution in [0.2, 0.25) is 0 Å². The lowest BCUT2D eigenvalue weighted by molar-refractivity contribution is -0.120. The van der Waals surface area contributed by atoms with Crippen LogP contribution in [-0.2, 0) is 11.2 Å². The lowest BCUT2D eigenvalue weighted by atomic mass is 10.0. The van der Waals surface area contributed by atoms with Crippen LogP contribution in [0.5, 0.6) is 0 Å². The Morgan fingerprint density at radius 3 is 2.68 bits per heavy atom. The standard InChI is InChI=1S/C15H20N2O2/c1-4-16-15(19)11-12-6-5-7-13(10-12)14(18)8-9-17(2)3/h5-10H,4,11H2,1-3H3,(H,16,19). The van der Waals surface area contributed by atoms with Gasteiger partial charge < -0.3 is 10.2 Å². The van der Waals surface area contributed by atoms with E-state index in [-0.39, 0.29) is 11.7 Å². The molecule has 0 aliphatic heterocycles. The fraction of sp³-hybridized carbons (Fsp3) is 0.333. The van der Waals surface area contributed by atoms with Gasteiger partial charge in [-0.25, -0.2) is 0 Å². The van der Waals surface area contributed by atoms with Gasteiger partial charge in [-0.2, -0.15) is 0 Å². The van der Waals surface area contributed by atoms with Gasteiger partial charge in [0.05, 0.1) is 6.42 Å². The summed E-state index contributed by atoms with van der Waals surface area (Å²) < 4.78 is 0. The van der Waals surface area contributed by atoms with Crippen LogP contribution >= 0.6 is 0 Å². The summed E-state index contributed by atoms with van der Waals surface area (Å²) in [6.07, 6.45) is 3.52. The minimum Gasteiger partial charge on any atom is -0.383 e. The van der Waals surface area contributed by atoms with Crippen molar-refractivity contribution in [1.82, 2.24) is 10.2 Å². The lowest BCUT2D eigenvalue weighted by Gasteiger charge is -2.05. The van der Waals surface area contributed by atoms with Gasteiger partial charge >= 0.3 is 0 Å². The van der Waals surface area contributed by atoms with Crippen molar-refractivity contribution in [2.45, 2.75) is 13.3 Å². The first-order valence-electron chi connectivity index (χ1n) is 6.27. The molecule has 1 N–H and O–H groups in total. The molecule has 0 atom stereocenters. The van der Waals surface area contributed by atoms with E-state index in [2.05, 4.69) is 5.32 Å². The first-order valence-corrected chi connectivity index (χ1v) is 6.27. The summed E-state index contributed by atoms with van der Waals surface area (Å²) in [6, 6.07) is 7.16. The number of hydrogen-bond acceptors (Lipinski definition) is 3. The average molecular weight is 260 g/mol. The van der Waals surface area contributed by atoms with Crippen molar-refractivity contribution < 1.29 is 9.59 Å². The quantitative estimate of drug-likeness (QED) is 0.624. The molecule has 1 rings (SSSR count). The molecule has 102 valence electrons. The second-order valence-electron chi connectivity index (χ2n) is 4.47. The Morgan fingerprint density at radius 1 is 1.32 bits per heavy atom. The molecular formula is C15H20N2O2. The normalized spacial score (nSPS) is 10.5. The second-order valence-corrected chi connectivity index (χ2v) is 4.47. The number of rotatable bonds is 6. The number of likely N-dealkylation sites (N-methyl/N-ethyl adjacent to an activating group) is 1. The molecule has 4 nitrogen and oxygen atoms in total. The fourth-order valence-corrected chi connectivity index (χ4v) is 1.59. The molecule has 0 radical (unpaired) electrons. The summed E-state index contributed by atoms with van der Waals surface area (Å²) in [6.45, 7) is 2.49. The third-order valence-corrected chi connectivity index (χ3v) is 2.47. The van der Waals surface area contributed by atoms with E-state index in [1.165, 1.54) is 6.08 Å². The van der Waals surface area contributed by atoms with E-state index in [1.54, 1.807) is 29.3 Å². The summed E-state index contributed by atoms with van der Waals surface area (Å²) in [5.74, 6) is -0.0950. The number of nitrogens with one attached hydrogen (secondary N) is 1. The van der Waals surface area contributed by atoms with E-state index in [0.717, 1.165) is 5.56 Å². The molecule has 1 aromatic rings. The summed E-state index contributed by atoms with van der Waals surface area (Å²) >= 11 is 0.